The Bertz CT molecular complexity index is 482. The molecule has 19 heavy (non-hydrogen) atoms. The van der Waals surface area contributed by atoms with Crippen LogP contribution >= 0.6 is 15.9 Å². The van der Waals surface area contributed by atoms with Gasteiger partial charge in [-0.1, -0.05) is 6.92 Å². The Hall–Kier alpha value is -0.390. The molecule has 5 heteroatoms. The molecule has 1 unspecified atom stereocenters. The summed E-state index contributed by atoms with van der Waals surface area (Å²) in [7, 11) is 0. The van der Waals surface area contributed by atoms with E-state index in [-0.39, 0.29) is 5.60 Å². The molecule has 108 valence electrons. The normalized spacial score (nSPS) is 28.8. The molecule has 2 heterocycles. The highest BCUT2D eigenvalue weighted by Crippen LogP contribution is 2.52. The van der Waals surface area contributed by atoms with E-state index in [2.05, 4.69) is 28.0 Å². The van der Waals surface area contributed by atoms with Crippen molar-refractivity contribution in [2.45, 2.75) is 70.8 Å². The predicted octanol–water partition coefficient (Wildman–Crippen LogP) is 3.22. The Balaban J connectivity index is 2.53. The molecule has 2 rings (SSSR count). The van der Waals surface area contributed by atoms with Crippen molar-refractivity contribution in [3.63, 3.8) is 0 Å². The highest BCUT2D eigenvalue weighted by Gasteiger charge is 2.59. The fourth-order valence-corrected chi connectivity index (χ4v) is 3.79. The second-order valence-corrected chi connectivity index (χ2v) is 7.33. The number of aromatic nitrogens is 2. The summed E-state index contributed by atoms with van der Waals surface area (Å²) in [4.78, 5) is 0. The van der Waals surface area contributed by atoms with Crippen LogP contribution in [0, 0.1) is 0 Å². The van der Waals surface area contributed by atoms with Crippen LogP contribution in [0.2, 0.25) is 0 Å². The van der Waals surface area contributed by atoms with Gasteiger partial charge in [0.25, 0.3) is 0 Å². The van der Waals surface area contributed by atoms with Crippen LogP contribution in [0.4, 0.5) is 0 Å². The molecule has 1 fully saturated rings. The first-order chi connectivity index (χ1) is 8.63. The Kier molecular flexibility index (Phi) is 3.61. The maximum Gasteiger partial charge on any atom is 0.138 e. The number of nitrogens with zero attached hydrogens (tertiary/aromatic N) is 2. The molecular weight excluding hydrogens is 308 g/mol. The Morgan fingerprint density at radius 1 is 1.42 bits per heavy atom. The van der Waals surface area contributed by atoms with Crippen LogP contribution in [0.25, 0.3) is 0 Å². The fraction of sp³-hybridized carbons (Fsp3) is 0.786. The van der Waals surface area contributed by atoms with Crippen LogP contribution in [-0.4, -0.2) is 26.1 Å². The number of hydrogen-bond donors (Lipinski definition) is 1. The summed E-state index contributed by atoms with van der Waals surface area (Å²) in [6.07, 6.45) is 3.28. The van der Waals surface area contributed by atoms with Crippen LogP contribution in [-0.2, 0) is 16.9 Å². The molecule has 1 aromatic heterocycles. The van der Waals surface area contributed by atoms with Gasteiger partial charge >= 0.3 is 0 Å². The maximum absolute atomic E-state index is 11.3. The van der Waals surface area contributed by atoms with Crippen molar-refractivity contribution in [1.29, 1.82) is 0 Å². The molecule has 0 aromatic carbocycles. The lowest BCUT2D eigenvalue weighted by molar-refractivity contribution is -0.132. The number of rotatable bonds is 3. The molecule has 0 aliphatic carbocycles. The van der Waals surface area contributed by atoms with Crippen molar-refractivity contribution in [2.75, 3.05) is 0 Å². The van der Waals surface area contributed by atoms with Gasteiger partial charge in [0.1, 0.15) is 5.60 Å². The minimum atomic E-state index is -1.04. The van der Waals surface area contributed by atoms with E-state index >= 15 is 0 Å². The summed E-state index contributed by atoms with van der Waals surface area (Å²) < 4.78 is 8.78. The van der Waals surface area contributed by atoms with Crippen LogP contribution in [0.15, 0.2) is 10.7 Å². The zero-order valence-corrected chi connectivity index (χ0v) is 13.9. The van der Waals surface area contributed by atoms with E-state index in [0.717, 1.165) is 23.1 Å². The van der Waals surface area contributed by atoms with Crippen molar-refractivity contribution in [1.82, 2.24) is 9.78 Å². The largest absolute Gasteiger partial charge is 0.380 e. The van der Waals surface area contributed by atoms with Crippen molar-refractivity contribution in [2.24, 2.45) is 0 Å². The molecule has 0 bridgehead atoms. The first-order valence-corrected chi connectivity index (χ1v) is 7.56. The van der Waals surface area contributed by atoms with Gasteiger partial charge in [0.05, 0.1) is 27.6 Å². The summed E-state index contributed by atoms with van der Waals surface area (Å²) in [6, 6.07) is 0. The molecule has 0 radical (unpaired) electrons. The van der Waals surface area contributed by atoms with Gasteiger partial charge in [-0.2, -0.15) is 5.10 Å². The van der Waals surface area contributed by atoms with Crippen LogP contribution < -0.4 is 0 Å². The van der Waals surface area contributed by atoms with Gasteiger partial charge in [-0.3, -0.25) is 4.68 Å². The molecule has 1 aliphatic heterocycles. The van der Waals surface area contributed by atoms with Crippen LogP contribution in [0.3, 0.4) is 0 Å². The van der Waals surface area contributed by atoms with Crippen LogP contribution in [0.1, 0.15) is 53.2 Å². The minimum Gasteiger partial charge on any atom is -0.380 e. The molecule has 4 nitrogen and oxygen atoms in total. The average molecular weight is 331 g/mol. The van der Waals surface area contributed by atoms with Crippen molar-refractivity contribution < 1.29 is 9.84 Å². The number of hydrogen-bond acceptors (Lipinski definition) is 3. The number of aliphatic hydroxyl groups is 1. The fourth-order valence-electron chi connectivity index (χ4n) is 3.16. The first kappa shape index (κ1) is 15.0. The summed E-state index contributed by atoms with van der Waals surface area (Å²) in [6.45, 7) is 10.8. The maximum atomic E-state index is 11.3. The average Bonchev–Trinajstić information content (AvgIpc) is 2.64. The lowest BCUT2D eigenvalue weighted by Gasteiger charge is -2.35. The molecule has 0 spiro atoms. The second-order valence-electron chi connectivity index (χ2n) is 6.47. The highest BCUT2D eigenvalue weighted by molar-refractivity contribution is 9.10. The van der Waals surface area contributed by atoms with E-state index in [1.165, 1.54) is 0 Å². The smallest absolute Gasteiger partial charge is 0.138 e. The number of halogens is 1. The molecular formula is C14H23BrN2O2. The molecule has 0 amide bonds. The minimum absolute atomic E-state index is 0.348. The van der Waals surface area contributed by atoms with Gasteiger partial charge in [-0.15, -0.1) is 0 Å². The van der Waals surface area contributed by atoms with Gasteiger partial charge in [0.2, 0.25) is 0 Å². The topological polar surface area (TPSA) is 47.3 Å². The van der Waals surface area contributed by atoms with Gasteiger partial charge in [0.15, 0.2) is 0 Å². The number of ether oxygens (including phenoxy) is 1. The monoisotopic (exact) mass is 330 g/mol. The summed E-state index contributed by atoms with van der Waals surface area (Å²) in [5.74, 6) is 0. The van der Waals surface area contributed by atoms with E-state index in [1.54, 1.807) is 6.20 Å². The van der Waals surface area contributed by atoms with Gasteiger partial charge in [-0.25, -0.2) is 0 Å². The highest BCUT2D eigenvalue weighted by atomic mass is 79.9. The molecule has 1 aromatic rings. The molecule has 1 aliphatic rings. The number of aryl methyl sites for hydroxylation is 1. The Labute approximate surface area is 123 Å². The standard InChI is InChI=1S/C14H23BrN2O2/c1-6-7-17-11(10(15)8-16-17)14(18)9-12(2,3)19-13(14,4)5/h8,18H,6-7,9H2,1-5H3. The zero-order valence-electron chi connectivity index (χ0n) is 12.3. The molecule has 1 atom stereocenters. The SMILES string of the molecule is CCCn1ncc(Br)c1C1(O)CC(C)(C)OC1(C)C. The molecule has 1 saturated heterocycles. The molecule has 0 saturated carbocycles. The van der Waals surface area contributed by atoms with Gasteiger partial charge < -0.3 is 9.84 Å². The molecule has 1 N–H and O–H groups in total. The first-order valence-electron chi connectivity index (χ1n) is 6.77. The zero-order chi connectivity index (χ0) is 14.5. The van der Waals surface area contributed by atoms with Gasteiger partial charge in [-0.05, 0) is 50.0 Å². The summed E-state index contributed by atoms with van der Waals surface area (Å²) in [5.41, 5.74) is -1.21. The van der Waals surface area contributed by atoms with E-state index in [0.29, 0.717) is 6.42 Å². The Morgan fingerprint density at radius 2 is 2.05 bits per heavy atom. The van der Waals surface area contributed by atoms with E-state index < -0.39 is 11.2 Å². The van der Waals surface area contributed by atoms with Crippen molar-refractivity contribution in [3.05, 3.63) is 16.4 Å². The Morgan fingerprint density at radius 3 is 2.53 bits per heavy atom. The lowest BCUT2D eigenvalue weighted by Crippen LogP contribution is -2.45. The third-order valence-corrected chi connectivity index (χ3v) is 4.41. The van der Waals surface area contributed by atoms with E-state index in [4.69, 9.17) is 4.74 Å². The second kappa shape index (κ2) is 4.57. The lowest BCUT2D eigenvalue weighted by atomic mass is 9.80. The third kappa shape index (κ3) is 2.36. The van der Waals surface area contributed by atoms with Crippen molar-refractivity contribution >= 4 is 15.9 Å². The predicted molar refractivity (Wildman–Crippen MR) is 78.0 cm³/mol. The van der Waals surface area contributed by atoms with Gasteiger partial charge in [0, 0.05) is 13.0 Å². The third-order valence-electron chi connectivity index (χ3n) is 3.83. The summed E-state index contributed by atoms with van der Waals surface area (Å²) in [5, 5.41) is 15.7. The summed E-state index contributed by atoms with van der Waals surface area (Å²) >= 11 is 3.52. The van der Waals surface area contributed by atoms with E-state index in [1.807, 2.05) is 32.4 Å². The van der Waals surface area contributed by atoms with Crippen LogP contribution in [0.5, 0.6) is 0 Å². The van der Waals surface area contributed by atoms with Crippen molar-refractivity contribution in [3.8, 4) is 0 Å². The quantitative estimate of drug-likeness (QED) is 0.925. The van der Waals surface area contributed by atoms with E-state index in [9.17, 15) is 5.11 Å².